The minimum Gasteiger partial charge on any atom is -0.494 e. The molecule has 5 rings (SSSR count). The van der Waals surface area contributed by atoms with Gasteiger partial charge in [-0.2, -0.15) is 4.98 Å². The van der Waals surface area contributed by atoms with Crippen molar-refractivity contribution < 1.29 is 41.8 Å². The molecular formula is C30H20F2N2O7. The highest BCUT2D eigenvalue weighted by Crippen LogP contribution is 2.27. The van der Waals surface area contributed by atoms with Crippen LogP contribution in [0, 0.1) is 11.6 Å². The lowest BCUT2D eigenvalue weighted by Crippen LogP contribution is -2.09. The molecule has 0 N–H and O–H groups in total. The van der Waals surface area contributed by atoms with Crippen molar-refractivity contribution in [3.05, 3.63) is 108 Å². The van der Waals surface area contributed by atoms with Gasteiger partial charge in [0.15, 0.2) is 23.1 Å². The zero-order chi connectivity index (χ0) is 28.9. The molecule has 0 radical (unpaired) electrons. The molecule has 0 fully saturated rings. The number of hydrogen-bond donors (Lipinski definition) is 0. The summed E-state index contributed by atoms with van der Waals surface area (Å²) in [5.41, 5.74) is 1.22. The van der Waals surface area contributed by atoms with Crippen molar-refractivity contribution in [1.82, 2.24) is 10.1 Å². The van der Waals surface area contributed by atoms with E-state index in [9.17, 15) is 18.4 Å². The summed E-state index contributed by atoms with van der Waals surface area (Å²) >= 11 is 0. The molecule has 0 amide bonds. The number of rotatable bonds is 8. The van der Waals surface area contributed by atoms with Crippen LogP contribution in [0.1, 0.15) is 20.7 Å². The van der Waals surface area contributed by atoms with Gasteiger partial charge in [-0.15, -0.1) is 0 Å². The standard InChI is InChI=1S/C30H20F2N2O7/c1-37-25-13-7-19(15-23(25)31)29(35)39-21-9-3-17(4-10-21)27-33-28(41-34-27)18-5-11-22(12-6-18)40-30(36)20-8-14-26(38-2)24(32)16-20/h3-16H,1-2H3. The van der Waals surface area contributed by atoms with Gasteiger partial charge in [-0.05, 0) is 84.9 Å². The predicted molar refractivity (Wildman–Crippen MR) is 141 cm³/mol. The van der Waals surface area contributed by atoms with Crippen molar-refractivity contribution in [1.29, 1.82) is 0 Å². The number of halogens is 2. The first-order valence-corrected chi connectivity index (χ1v) is 12.0. The fourth-order valence-electron chi connectivity index (χ4n) is 3.71. The molecule has 5 aromatic rings. The Bertz CT molecular complexity index is 1590. The maximum absolute atomic E-state index is 13.9. The van der Waals surface area contributed by atoms with E-state index < -0.39 is 23.6 Å². The molecule has 1 aromatic heterocycles. The molecule has 0 aliphatic rings. The molecule has 9 nitrogen and oxygen atoms in total. The Morgan fingerprint density at radius 1 is 0.659 bits per heavy atom. The van der Waals surface area contributed by atoms with Gasteiger partial charge in [0.2, 0.25) is 5.82 Å². The second-order valence-electron chi connectivity index (χ2n) is 8.45. The minimum atomic E-state index is -0.732. The Morgan fingerprint density at radius 2 is 1.12 bits per heavy atom. The van der Waals surface area contributed by atoms with E-state index in [1.165, 1.54) is 50.6 Å². The molecule has 41 heavy (non-hydrogen) atoms. The molecule has 1 heterocycles. The molecule has 0 bridgehead atoms. The number of carbonyl (C=O) groups is 2. The van der Waals surface area contributed by atoms with Crippen molar-refractivity contribution in [3.63, 3.8) is 0 Å². The van der Waals surface area contributed by atoms with E-state index in [1.807, 2.05) is 0 Å². The number of carbonyl (C=O) groups excluding carboxylic acids is 2. The van der Waals surface area contributed by atoms with Gasteiger partial charge in [0.1, 0.15) is 11.5 Å². The highest BCUT2D eigenvalue weighted by atomic mass is 19.1. The molecule has 0 atom stereocenters. The molecule has 0 aliphatic heterocycles. The minimum absolute atomic E-state index is 0.0201. The molecule has 206 valence electrons. The van der Waals surface area contributed by atoms with Crippen molar-refractivity contribution in [3.8, 4) is 45.8 Å². The third-order valence-corrected chi connectivity index (χ3v) is 5.84. The summed E-state index contributed by atoms with van der Waals surface area (Å²) in [5.74, 6) is -1.80. The summed E-state index contributed by atoms with van der Waals surface area (Å²) in [6.07, 6.45) is 0. The van der Waals surface area contributed by atoms with Crippen molar-refractivity contribution >= 4 is 11.9 Å². The Morgan fingerprint density at radius 3 is 1.56 bits per heavy atom. The average molecular weight is 558 g/mol. The Hall–Kier alpha value is -5.58. The van der Waals surface area contributed by atoms with Crippen LogP contribution in [0.2, 0.25) is 0 Å². The highest BCUT2D eigenvalue weighted by molar-refractivity contribution is 5.92. The zero-order valence-electron chi connectivity index (χ0n) is 21.6. The summed E-state index contributed by atoms with van der Waals surface area (Å²) in [4.78, 5) is 29.1. The predicted octanol–water partition coefficient (Wildman–Crippen LogP) is 6.14. The number of nitrogens with zero attached hydrogens (tertiary/aromatic N) is 2. The van der Waals surface area contributed by atoms with Crippen molar-refractivity contribution in [2.75, 3.05) is 14.2 Å². The largest absolute Gasteiger partial charge is 0.494 e. The number of benzene rings is 4. The normalized spacial score (nSPS) is 10.6. The monoisotopic (exact) mass is 558 g/mol. The molecule has 11 heteroatoms. The van der Waals surface area contributed by atoms with Crippen LogP contribution in [0.15, 0.2) is 89.5 Å². The van der Waals surface area contributed by atoms with Gasteiger partial charge in [0, 0.05) is 11.1 Å². The van der Waals surface area contributed by atoms with Crippen LogP contribution in [0.5, 0.6) is 23.0 Å². The Balaban J connectivity index is 1.22. The number of aromatic nitrogens is 2. The summed E-state index contributed by atoms with van der Waals surface area (Å²) in [7, 11) is 2.66. The van der Waals surface area contributed by atoms with Crippen LogP contribution in [0.25, 0.3) is 22.8 Å². The fourth-order valence-corrected chi connectivity index (χ4v) is 3.71. The van der Waals surface area contributed by atoms with E-state index in [0.717, 1.165) is 12.1 Å². The lowest BCUT2D eigenvalue weighted by molar-refractivity contribution is 0.0724. The number of hydrogen-bond acceptors (Lipinski definition) is 9. The van der Waals surface area contributed by atoms with Gasteiger partial charge in [-0.1, -0.05) is 5.16 Å². The molecule has 4 aromatic carbocycles. The molecular weight excluding hydrogens is 538 g/mol. The summed E-state index contributed by atoms with van der Waals surface area (Å²) in [5, 5.41) is 3.98. The van der Waals surface area contributed by atoms with E-state index in [1.54, 1.807) is 36.4 Å². The van der Waals surface area contributed by atoms with Crippen LogP contribution in [0.3, 0.4) is 0 Å². The molecule has 0 unspecified atom stereocenters. The van der Waals surface area contributed by atoms with Crippen LogP contribution in [-0.2, 0) is 0 Å². The summed E-state index contributed by atoms with van der Waals surface area (Å²) in [6, 6.07) is 20.2. The number of esters is 2. The van der Waals surface area contributed by atoms with E-state index in [0.29, 0.717) is 11.1 Å². The molecule has 0 spiro atoms. The van der Waals surface area contributed by atoms with Gasteiger partial charge >= 0.3 is 11.9 Å². The summed E-state index contributed by atoms with van der Waals surface area (Å²) in [6.45, 7) is 0. The first-order chi connectivity index (χ1) is 19.8. The topological polar surface area (TPSA) is 110 Å². The van der Waals surface area contributed by atoms with Gasteiger partial charge < -0.3 is 23.5 Å². The molecule has 0 saturated heterocycles. The summed E-state index contributed by atoms with van der Waals surface area (Å²) < 4.78 is 53.5. The first kappa shape index (κ1) is 27.0. The molecule has 0 saturated carbocycles. The smallest absolute Gasteiger partial charge is 0.343 e. The van der Waals surface area contributed by atoms with Gasteiger partial charge in [-0.3, -0.25) is 0 Å². The van der Waals surface area contributed by atoms with Gasteiger partial charge in [-0.25, -0.2) is 18.4 Å². The van der Waals surface area contributed by atoms with Crippen LogP contribution in [0.4, 0.5) is 8.78 Å². The second kappa shape index (κ2) is 11.7. The first-order valence-electron chi connectivity index (χ1n) is 12.0. The third kappa shape index (κ3) is 6.04. The fraction of sp³-hybridized carbons (Fsp3) is 0.0667. The lowest BCUT2D eigenvalue weighted by Gasteiger charge is -2.06. The second-order valence-corrected chi connectivity index (χ2v) is 8.45. The SMILES string of the molecule is COc1ccc(C(=O)Oc2ccc(-c3noc(-c4ccc(OC(=O)c5ccc(OC)c(F)c5)cc4)n3)cc2)cc1F. The van der Waals surface area contributed by atoms with E-state index in [4.69, 9.17) is 23.5 Å². The zero-order valence-corrected chi connectivity index (χ0v) is 21.6. The third-order valence-electron chi connectivity index (χ3n) is 5.84. The maximum atomic E-state index is 13.9. The van der Waals surface area contributed by atoms with E-state index in [2.05, 4.69) is 10.1 Å². The number of methoxy groups -OCH3 is 2. The highest BCUT2D eigenvalue weighted by Gasteiger charge is 2.16. The van der Waals surface area contributed by atoms with Crippen LogP contribution < -0.4 is 18.9 Å². The van der Waals surface area contributed by atoms with Crippen molar-refractivity contribution in [2.24, 2.45) is 0 Å². The quantitative estimate of drug-likeness (QED) is 0.164. The number of ether oxygens (including phenoxy) is 4. The average Bonchev–Trinajstić information content (AvgIpc) is 3.48. The lowest BCUT2D eigenvalue weighted by atomic mass is 10.2. The maximum Gasteiger partial charge on any atom is 0.343 e. The van der Waals surface area contributed by atoms with Crippen LogP contribution in [-0.4, -0.2) is 36.3 Å². The van der Waals surface area contributed by atoms with E-state index in [-0.39, 0.29) is 45.8 Å². The van der Waals surface area contributed by atoms with Gasteiger partial charge in [0.25, 0.3) is 5.89 Å². The van der Waals surface area contributed by atoms with Crippen molar-refractivity contribution in [2.45, 2.75) is 0 Å². The Kier molecular flexibility index (Phi) is 7.68. The van der Waals surface area contributed by atoms with E-state index >= 15 is 0 Å². The van der Waals surface area contributed by atoms with Crippen LogP contribution >= 0.6 is 0 Å². The van der Waals surface area contributed by atoms with Gasteiger partial charge in [0.05, 0.1) is 25.3 Å². The molecule has 0 aliphatic carbocycles. The Labute approximate surface area is 231 Å².